The first kappa shape index (κ1) is 31.9. The molecule has 0 saturated heterocycles. The van der Waals surface area contributed by atoms with Crippen molar-refractivity contribution in [1.82, 2.24) is 4.90 Å². The van der Waals surface area contributed by atoms with E-state index in [2.05, 4.69) is 49.4 Å². The van der Waals surface area contributed by atoms with Gasteiger partial charge >= 0.3 is 6.09 Å². The average Bonchev–Trinajstić information content (AvgIpc) is 3.33. The van der Waals surface area contributed by atoms with E-state index >= 15 is 0 Å². The molecule has 0 saturated carbocycles. The highest BCUT2D eigenvalue weighted by molar-refractivity contribution is 5.96. The Labute approximate surface area is 239 Å². The first-order valence-electron chi connectivity index (χ1n) is 13.5. The number of nitrogens with two attached hydrogens (primary N) is 2. The van der Waals surface area contributed by atoms with Gasteiger partial charge in [0, 0.05) is 25.2 Å². The van der Waals surface area contributed by atoms with Crippen LogP contribution in [0.15, 0.2) is 42.2 Å². The molecule has 5 nitrogen and oxygen atoms in total. The number of unbranched alkanes of at least 4 members (excludes halogenated alkanes) is 4. The molecule has 0 aromatic heterocycles. The molecule has 4 rings (SSSR count). The van der Waals surface area contributed by atoms with E-state index in [0.717, 1.165) is 37.3 Å². The summed E-state index contributed by atoms with van der Waals surface area (Å²) in [6.45, 7) is 5.35. The monoisotopic (exact) mass is 559 g/mol. The Hall–Kier alpha value is -2.31. The second-order valence-electron chi connectivity index (χ2n) is 10.4. The molecule has 0 aliphatic heterocycles. The molecule has 2 aromatic rings. The highest BCUT2D eigenvalue weighted by Crippen LogP contribution is 2.24. The fourth-order valence-corrected chi connectivity index (χ4v) is 5.07. The summed E-state index contributed by atoms with van der Waals surface area (Å²) in [6.07, 6.45) is 18.4. The molecule has 2 aliphatic carbocycles. The van der Waals surface area contributed by atoms with Crippen LogP contribution in [0.1, 0.15) is 69.9 Å². The fraction of sp³-hybridized carbons (Fsp3) is 0.452. The van der Waals surface area contributed by atoms with Crippen LogP contribution in [0.25, 0.3) is 29.0 Å². The first-order valence-corrected chi connectivity index (χ1v) is 13.5. The molecule has 7 heteroatoms. The number of allylic oxidation sites excluding steroid dienone is 3. The van der Waals surface area contributed by atoms with E-state index in [-0.39, 0.29) is 43.0 Å². The summed E-state index contributed by atoms with van der Waals surface area (Å²) in [4.78, 5) is 14.9. The molecule has 38 heavy (non-hydrogen) atoms. The topological polar surface area (TPSA) is 81.6 Å². The van der Waals surface area contributed by atoms with Crippen LogP contribution < -0.4 is 21.9 Å². The molecule has 0 radical (unpaired) electrons. The summed E-state index contributed by atoms with van der Waals surface area (Å²) in [5.74, 6) is 0.628. The Morgan fingerprint density at radius 3 is 2.34 bits per heavy atom. The quantitative estimate of drug-likeness (QED) is 0.333. The van der Waals surface area contributed by atoms with Crippen LogP contribution in [-0.2, 0) is 11.2 Å². The van der Waals surface area contributed by atoms with Gasteiger partial charge in [-0.25, -0.2) is 4.79 Å². The molecule has 1 amide bonds. The zero-order chi connectivity index (χ0) is 25.5. The van der Waals surface area contributed by atoms with Gasteiger partial charge in [-0.3, -0.25) is 0 Å². The summed E-state index contributed by atoms with van der Waals surface area (Å²) in [6, 6.07) is 9.05. The Morgan fingerprint density at radius 1 is 0.895 bits per heavy atom. The fourth-order valence-electron chi connectivity index (χ4n) is 5.07. The molecule has 2 unspecified atom stereocenters. The molecule has 4 N–H and O–H groups in total. The smallest absolute Gasteiger partial charge is 0.411 e. The number of hydrogen-bond acceptors (Lipinski definition) is 4. The summed E-state index contributed by atoms with van der Waals surface area (Å²) in [5.41, 5.74) is 14.4. The lowest BCUT2D eigenvalue weighted by atomic mass is 9.94. The van der Waals surface area contributed by atoms with E-state index in [1.54, 1.807) is 0 Å². The highest BCUT2D eigenvalue weighted by atomic mass is 35.5. The number of nitrogens with zero attached hydrogens (tertiary/aromatic N) is 1. The average molecular weight is 561 g/mol. The third-order valence-corrected chi connectivity index (χ3v) is 7.17. The summed E-state index contributed by atoms with van der Waals surface area (Å²) in [5, 5.41) is 4.93. The van der Waals surface area contributed by atoms with Gasteiger partial charge in [-0.05, 0) is 84.0 Å². The summed E-state index contributed by atoms with van der Waals surface area (Å²) in [7, 11) is 0. The lowest BCUT2D eigenvalue weighted by Crippen LogP contribution is -2.36. The van der Waals surface area contributed by atoms with Crippen LogP contribution in [0.2, 0.25) is 0 Å². The lowest BCUT2D eigenvalue weighted by Gasteiger charge is -2.24. The molecule has 2 aromatic carbocycles. The number of rotatable bonds is 12. The van der Waals surface area contributed by atoms with Crippen LogP contribution >= 0.6 is 24.8 Å². The van der Waals surface area contributed by atoms with Gasteiger partial charge in [0.25, 0.3) is 0 Å². The van der Waals surface area contributed by atoms with Gasteiger partial charge < -0.3 is 21.1 Å². The first-order chi connectivity index (χ1) is 17.4. The Morgan fingerprint density at radius 2 is 1.58 bits per heavy atom. The number of carbonyl (C=O) groups is 1. The van der Waals surface area contributed by atoms with Crippen molar-refractivity contribution in [3.8, 4) is 0 Å². The van der Waals surface area contributed by atoms with Gasteiger partial charge in [-0.15, -0.1) is 24.8 Å². The number of hydrogen-bond donors (Lipinski definition) is 2. The molecule has 0 bridgehead atoms. The van der Waals surface area contributed by atoms with Crippen LogP contribution in [0, 0.1) is 0 Å². The number of amides is 1. The van der Waals surface area contributed by atoms with E-state index in [9.17, 15) is 4.79 Å². The van der Waals surface area contributed by atoms with Crippen LogP contribution in [0.3, 0.4) is 0 Å². The Kier molecular flexibility index (Phi) is 12.9. The van der Waals surface area contributed by atoms with Crippen molar-refractivity contribution in [2.75, 3.05) is 13.1 Å². The lowest BCUT2D eigenvalue weighted by molar-refractivity contribution is 0.130. The second kappa shape index (κ2) is 15.3. The molecular formula is C31H43Cl2N3O2. The highest BCUT2D eigenvalue weighted by Gasteiger charge is 2.18. The van der Waals surface area contributed by atoms with Crippen molar-refractivity contribution in [3.05, 3.63) is 63.7 Å². The number of ether oxygens (including phenoxy) is 1. The summed E-state index contributed by atoms with van der Waals surface area (Å²) < 4.78 is 5.87. The van der Waals surface area contributed by atoms with Crippen LogP contribution in [0.5, 0.6) is 0 Å². The van der Waals surface area contributed by atoms with Crippen molar-refractivity contribution >= 4 is 59.9 Å². The zero-order valence-corrected chi connectivity index (χ0v) is 24.3. The van der Waals surface area contributed by atoms with Gasteiger partial charge in [0.05, 0.1) is 0 Å². The minimum absolute atomic E-state index is 0. The van der Waals surface area contributed by atoms with E-state index in [4.69, 9.17) is 16.2 Å². The SMILES string of the molecule is CC(N)CCCCCCCN(CCC(C)N)C(=O)OC1=CCc2c(ccc3c4c(ccc23)=CC=C4)=C1.Cl.Cl. The number of carbonyl (C=O) groups excluding carboxylic acids is 1. The van der Waals surface area contributed by atoms with Crippen LogP contribution in [-0.4, -0.2) is 36.2 Å². The molecule has 2 aliphatic rings. The standard InChI is InChI=1S/C31H41N3O2.2ClH/c1-22(32)9-6-4-3-5-7-19-34(20-18-23(2)33)31(35)36-26-14-17-28-25(21-26)13-16-29-27-11-8-10-24(27)12-15-30(28)29;;/h8,10-16,21-23H,3-7,9,17-20,32-33H2,1-2H3;2*1H. The van der Waals surface area contributed by atoms with Crippen molar-refractivity contribution in [2.24, 2.45) is 11.5 Å². The maximum absolute atomic E-state index is 13.1. The van der Waals surface area contributed by atoms with E-state index < -0.39 is 0 Å². The molecule has 0 spiro atoms. The minimum atomic E-state index is -0.280. The maximum atomic E-state index is 13.1. The molecule has 208 valence electrons. The second-order valence-corrected chi connectivity index (χ2v) is 10.4. The summed E-state index contributed by atoms with van der Waals surface area (Å²) >= 11 is 0. The minimum Gasteiger partial charge on any atom is -0.411 e. The van der Waals surface area contributed by atoms with Gasteiger partial charge in [0.2, 0.25) is 0 Å². The van der Waals surface area contributed by atoms with E-state index in [1.165, 1.54) is 46.4 Å². The third kappa shape index (κ3) is 8.34. The largest absolute Gasteiger partial charge is 0.415 e. The zero-order valence-electron chi connectivity index (χ0n) is 22.7. The number of fused-ring (bicyclic) bond motifs is 5. The Bertz CT molecular complexity index is 1270. The third-order valence-electron chi connectivity index (χ3n) is 7.17. The van der Waals surface area contributed by atoms with Crippen molar-refractivity contribution in [3.63, 3.8) is 0 Å². The van der Waals surface area contributed by atoms with Gasteiger partial charge in [0.1, 0.15) is 5.76 Å². The predicted octanol–water partition coefficient (Wildman–Crippen LogP) is 5.57. The molecular weight excluding hydrogens is 517 g/mol. The molecule has 0 heterocycles. The van der Waals surface area contributed by atoms with Gasteiger partial charge in [-0.2, -0.15) is 0 Å². The Balaban J connectivity index is 0.00000253. The predicted molar refractivity (Wildman–Crippen MR) is 165 cm³/mol. The number of benzene rings is 2. The van der Waals surface area contributed by atoms with Crippen molar-refractivity contribution < 1.29 is 9.53 Å². The van der Waals surface area contributed by atoms with Gasteiger partial charge in [-0.1, -0.05) is 68.2 Å². The van der Waals surface area contributed by atoms with Crippen molar-refractivity contribution in [2.45, 2.75) is 77.3 Å². The molecule has 0 fully saturated rings. The normalized spacial score (nSPS) is 14.6. The van der Waals surface area contributed by atoms with Crippen molar-refractivity contribution in [1.29, 1.82) is 0 Å². The number of halogens is 2. The molecule has 2 atom stereocenters. The van der Waals surface area contributed by atoms with E-state index in [0.29, 0.717) is 18.8 Å². The maximum Gasteiger partial charge on any atom is 0.415 e. The van der Waals surface area contributed by atoms with Crippen LogP contribution in [0.4, 0.5) is 4.79 Å². The van der Waals surface area contributed by atoms with E-state index in [1.807, 2.05) is 24.0 Å². The van der Waals surface area contributed by atoms with Gasteiger partial charge in [0.15, 0.2) is 0 Å².